The number of anilines is 2. The molecule has 0 aliphatic carbocycles. The Morgan fingerprint density at radius 2 is 1.32 bits per heavy atom. The first kappa shape index (κ1) is 25.3. The third-order valence-corrected chi connectivity index (χ3v) is 8.14. The summed E-state index contributed by atoms with van der Waals surface area (Å²) in [7, 11) is -7.62. The van der Waals surface area contributed by atoms with E-state index in [0.717, 1.165) is 22.5 Å². The number of hydrogen-bond donors (Lipinski definition) is 2. The van der Waals surface area contributed by atoms with Crippen molar-refractivity contribution in [3.05, 3.63) is 89.2 Å². The highest BCUT2D eigenvalue weighted by atomic mass is 32.2. The van der Waals surface area contributed by atoms with E-state index in [9.17, 15) is 16.8 Å². The van der Waals surface area contributed by atoms with E-state index in [2.05, 4.69) is 24.6 Å². The molecular weight excluding hydrogens is 494 g/mol. The average Bonchev–Trinajstić information content (AvgIpc) is 3.21. The number of aromatic nitrogens is 3. The lowest BCUT2D eigenvalue weighted by Gasteiger charge is -2.10. The zero-order valence-corrected chi connectivity index (χ0v) is 21.1. The summed E-state index contributed by atoms with van der Waals surface area (Å²) in [6.07, 6.45) is 3.50. The van der Waals surface area contributed by atoms with Crippen LogP contribution in [0.2, 0.25) is 0 Å². The normalized spacial score (nSPS) is 11.3. The maximum atomic E-state index is 12.5. The zero-order chi connectivity index (χ0) is 24.8. The van der Waals surface area contributed by atoms with Crippen LogP contribution >= 0.6 is 11.3 Å². The molecule has 0 unspecified atom stereocenters. The summed E-state index contributed by atoms with van der Waals surface area (Å²) < 4.78 is 54.6. The average molecular weight is 518 g/mol. The molecule has 0 saturated heterocycles. The minimum absolute atomic E-state index is 0.0190. The van der Waals surface area contributed by atoms with Crippen molar-refractivity contribution in [3.63, 3.8) is 0 Å². The van der Waals surface area contributed by atoms with E-state index in [1.54, 1.807) is 31.5 Å². The molecule has 0 spiro atoms. The van der Waals surface area contributed by atoms with E-state index in [4.69, 9.17) is 0 Å². The van der Waals surface area contributed by atoms with Gasteiger partial charge in [0.25, 0.3) is 20.0 Å². The van der Waals surface area contributed by atoms with Gasteiger partial charge in [0.1, 0.15) is 5.01 Å². The van der Waals surface area contributed by atoms with E-state index in [1.807, 2.05) is 32.0 Å². The van der Waals surface area contributed by atoms with E-state index >= 15 is 0 Å². The summed E-state index contributed by atoms with van der Waals surface area (Å²) in [5.74, 6) is 0. The van der Waals surface area contributed by atoms with Crippen LogP contribution in [-0.2, 0) is 20.0 Å². The number of aryl methyl sites for hydroxylation is 3. The third-order valence-electron chi connectivity index (χ3n) is 4.52. The van der Waals surface area contributed by atoms with E-state index in [0.29, 0.717) is 5.01 Å². The molecule has 0 fully saturated rings. The van der Waals surface area contributed by atoms with Crippen LogP contribution in [0.15, 0.2) is 82.8 Å². The minimum atomic E-state index is -3.84. The van der Waals surface area contributed by atoms with Gasteiger partial charge in [0.05, 0.1) is 9.79 Å². The quantitative estimate of drug-likeness (QED) is 0.393. The van der Waals surface area contributed by atoms with Crippen molar-refractivity contribution in [1.29, 1.82) is 0 Å². The van der Waals surface area contributed by atoms with Gasteiger partial charge >= 0.3 is 0 Å². The predicted molar refractivity (Wildman–Crippen MR) is 133 cm³/mol. The van der Waals surface area contributed by atoms with Crippen molar-refractivity contribution in [3.8, 4) is 0 Å². The molecule has 2 aromatic heterocycles. The minimum Gasteiger partial charge on any atom is -0.280 e. The second-order valence-electron chi connectivity index (χ2n) is 7.13. The van der Waals surface area contributed by atoms with Gasteiger partial charge in [-0.15, -0.1) is 10.2 Å². The van der Waals surface area contributed by atoms with Crippen LogP contribution in [0.4, 0.5) is 10.8 Å². The Labute approximate surface area is 203 Å². The van der Waals surface area contributed by atoms with Crippen LogP contribution in [0.5, 0.6) is 0 Å². The summed E-state index contributed by atoms with van der Waals surface area (Å²) in [6, 6.07) is 16.0. The molecule has 2 aromatic carbocycles. The fourth-order valence-electron chi connectivity index (χ4n) is 2.62. The zero-order valence-electron chi connectivity index (χ0n) is 18.6. The molecule has 0 aliphatic heterocycles. The lowest BCUT2D eigenvalue weighted by atomic mass is 10.1. The Morgan fingerprint density at radius 1 is 0.706 bits per heavy atom. The van der Waals surface area contributed by atoms with Gasteiger partial charge in [-0.05, 0) is 80.4 Å². The van der Waals surface area contributed by atoms with Gasteiger partial charge in [-0.25, -0.2) is 16.8 Å². The van der Waals surface area contributed by atoms with Gasteiger partial charge < -0.3 is 0 Å². The van der Waals surface area contributed by atoms with E-state index in [1.165, 1.54) is 30.3 Å². The van der Waals surface area contributed by atoms with Crippen molar-refractivity contribution in [2.24, 2.45) is 0 Å². The Balaban J connectivity index is 0.000000469. The molecule has 0 amide bonds. The molecule has 4 rings (SSSR count). The van der Waals surface area contributed by atoms with Crippen molar-refractivity contribution in [1.82, 2.24) is 15.2 Å². The van der Waals surface area contributed by atoms with Crippen LogP contribution < -0.4 is 9.44 Å². The molecule has 9 nitrogen and oxygen atoms in total. The topological polar surface area (TPSA) is 131 Å². The van der Waals surface area contributed by atoms with Crippen molar-refractivity contribution >= 4 is 42.2 Å². The lowest BCUT2D eigenvalue weighted by molar-refractivity contribution is 0.600. The molecule has 4 aromatic rings. The van der Waals surface area contributed by atoms with Crippen LogP contribution in [0.1, 0.15) is 16.1 Å². The second-order valence-corrected chi connectivity index (χ2v) is 11.7. The molecule has 0 aliphatic rings. The number of sulfonamides is 2. The molecule has 12 heteroatoms. The number of hydrogen-bond acceptors (Lipinski definition) is 8. The van der Waals surface area contributed by atoms with Gasteiger partial charge in [-0.3, -0.25) is 14.4 Å². The van der Waals surface area contributed by atoms with Crippen molar-refractivity contribution < 1.29 is 16.8 Å². The van der Waals surface area contributed by atoms with Crippen LogP contribution in [0, 0.1) is 20.8 Å². The molecular formula is C22H23N5O4S3. The van der Waals surface area contributed by atoms with Gasteiger partial charge in [-0.2, -0.15) is 0 Å². The molecule has 0 saturated carbocycles. The largest absolute Gasteiger partial charge is 0.280 e. The third kappa shape index (κ3) is 6.83. The number of nitrogens with zero attached hydrogens (tertiary/aromatic N) is 3. The molecule has 0 atom stereocenters. The predicted octanol–water partition coefficient (Wildman–Crippen LogP) is 4.15. The highest BCUT2D eigenvalue weighted by Gasteiger charge is 2.18. The van der Waals surface area contributed by atoms with E-state index < -0.39 is 20.0 Å². The first-order valence-corrected chi connectivity index (χ1v) is 13.7. The van der Waals surface area contributed by atoms with Gasteiger partial charge in [-0.1, -0.05) is 23.5 Å². The fourth-order valence-corrected chi connectivity index (χ4v) is 5.59. The first-order valence-electron chi connectivity index (χ1n) is 9.95. The molecule has 0 bridgehead atoms. The summed E-state index contributed by atoms with van der Waals surface area (Å²) in [5.41, 5.74) is 2.11. The number of pyridine rings is 1. The molecule has 34 heavy (non-hydrogen) atoms. The number of rotatable bonds is 6. The Morgan fingerprint density at radius 3 is 1.82 bits per heavy atom. The monoisotopic (exact) mass is 517 g/mol. The lowest BCUT2D eigenvalue weighted by Crippen LogP contribution is -2.14. The highest BCUT2D eigenvalue weighted by molar-refractivity contribution is 7.93. The maximum Gasteiger partial charge on any atom is 0.263 e. The standard InChI is InChI=1S/C17H18N4O4S3.C5H5N/c1-11-4-7-16(10-12(11)2)28(24,25)20-14-5-8-15(9-6-14)27(22,23)21-17-19-18-13(3)26-17;1-2-4-6-5-3-1/h4-10,20H,1-3H3,(H,19,21);1-5H. The SMILES string of the molecule is Cc1nnc(NS(=O)(=O)c2ccc(NS(=O)(=O)c3ccc(C)c(C)c3)cc2)s1.c1ccncc1. The fraction of sp³-hybridized carbons (Fsp3) is 0.136. The van der Waals surface area contributed by atoms with Crippen molar-refractivity contribution in [2.75, 3.05) is 9.44 Å². The van der Waals surface area contributed by atoms with E-state index in [-0.39, 0.29) is 20.6 Å². The Hall–Kier alpha value is -3.35. The highest BCUT2D eigenvalue weighted by Crippen LogP contribution is 2.22. The maximum absolute atomic E-state index is 12.5. The summed E-state index contributed by atoms with van der Waals surface area (Å²) in [5, 5.41) is 8.28. The van der Waals surface area contributed by atoms with Crippen molar-refractivity contribution in [2.45, 2.75) is 30.6 Å². The summed E-state index contributed by atoms with van der Waals surface area (Å²) in [6.45, 7) is 5.45. The van der Waals surface area contributed by atoms with Gasteiger partial charge in [0, 0.05) is 18.1 Å². The molecule has 178 valence electrons. The Kier molecular flexibility index (Phi) is 7.97. The smallest absolute Gasteiger partial charge is 0.263 e. The molecule has 2 N–H and O–H groups in total. The van der Waals surface area contributed by atoms with Crippen LogP contribution in [0.25, 0.3) is 0 Å². The van der Waals surface area contributed by atoms with Crippen LogP contribution in [0.3, 0.4) is 0 Å². The Bertz CT molecular complexity index is 1430. The summed E-state index contributed by atoms with van der Waals surface area (Å²) >= 11 is 1.12. The second kappa shape index (κ2) is 10.7. The van der Waals surface area contributed by atoms with Crippen LogP contribution in [-0.4, -0.2) is 32.0 Å². The number of benzene rings is 2. The summed E-state index contributed by atoms with van der Waals surface area (Å²) in [4.78, 5) is 3.91. The molecule has 2 heterocycles. The van der Waals surface area contributed by atoms with Gasteiger partial charge in [0.2, 0.25) is 5.13 Å². The first-order chi connectivity index (χ1) is 16.1. The van der Waals surface area contributed by atoms with Gasteiger partial charge in [0.15, 0.2) is 0 Å². The number of nitrogens with one attached hydrogen (secondary N) is 2. The molecule has 0 radical (unpaired) electrons.